The Morgan fingerprint density at radius 1 is 1.39 bits per heavy atom. The van der Waals surface area contributed by atoms with Crippen molar-refractivity contribution in [1.82, 2.24) is 5.32 Å². The van der Waals surface area contributed by atoms with E-state index in [2.05, 4.69) is 5.32 Å². The maximum absolute atomic E-state index is 11.8. The van der Waals surface area contributed by atoms with E-state index in [1.807, 2.05) is 31.2 Å². The summed E-state index contributed by atoms with van der Waals surface area (Å²) in [4.78, 5) is 22.5. The van der Waals surface area contributed by atoms with E-state index < -0.39 is 12.0 Å². The molecule has 0 heterocycles. The van der Waals surface area contributed by atoms with Crippen LogP contribution >= 0.6 is 0 Å². The number of carboxylic acids is 1. The molecule has 1 aliphatic carbocycles. The van der Waals surface area contributed by atoms with Crippen LogP contribution in [0.3, 0.4) is 0 Å². The number of nitrogens with one attached hydrogen (secondary N) is 1. The van der Waals surface area contributed by atoms with Crippen molar-refractivity contribution in [1.29, 1.82) is 0 Å². The van der Waals surface area contributed by atoms with E-state index in [-0.39, 0.29) is 17.7 Å². The Kier molecular flexibility index (Phi) is 3.36. The molecule has 2 N–H and O–H groups in total. The van der Waals surface area contributed by atoms with Gasteiger partial charge in [-0.3, -0.25) is 9.59 Å². The molecule has 0 unspecified atom stereocenters. The lowest BCUT2D eigenvalue weighted by atomic mass is 10.0. The van der Waals surface area contributed by atoms with Crippen LogP contribution in [0.1, 0.15) is 30.4 Å². The quantitative estimate of drug-likeness (QED) is 0.850. The molecule has 1 aromatic rings. The summed E-state index contributed by atoms with van der Waals surface area (Å²) in [6, 6.07) is 7.19. The van der Waals surface area contributed by atoms with Crippen LogP contribution in [0.2, 0.25) is 0 Å². The van der Waals surface area contributed by atoms with E-state index in [9.17, 15) is 9.59 Å². The van der Waals surface area contributed by atoms with Crippen LogP contribution in [0.4, 0.5) is 0 Å². The van der Waals surface area contributed by atoms with Gasteiger partial charge in [0, 0.05) is 5.92 Å². The first-order valence-corrected chi connectivity index (χ1v) is 6.09. The second kappa shape index (κ2) is 4.80. The molecular weight excluding hydrogens is 230 g/mol. The Balaban J connectivity index is 1.97. The maximum Gasteiger partial charge on any atom is 0.325 e. The lowest BCUT2D eigenvalue weighted by Gasteiger charge is -2.09. The SMILES string of the molecule is Cc1ccccc1[C@H]1C[C@@H]1C(=O)N[C@@H](C)C(=O)O. The molecule has 18 heavy (non-hydrogen) atoms. The largest absolute Gasteiger partial charge is 0.480 e. The predicted octanol–water partition coefficient (Wildman–Crippen LogP) is 1.69. The van der Waals surface area contributed by atoms with Crippen molar-refractivity contribution >= 4 is 11.9 Å². The first kappa shape index (κ1) is 12.6. The maximum atomic E-state index is 11.8. The Bertz CT molecular complexity index is 484. The molecule has 0 aliphatic heterocycles. The van der Waals surface area contributed by atoms with Gasteiger partial charge in [-0.25, -0.2) is 0 Å². The van der Waals surface area contributed by atoms with E-state index in [4.69, 9.17) is 5.11 Å². The zero-order chi connectivity index (χ0) is 13.3. The highest BCUT2D eigenvalue weighted by molar-refractivity contribution is 5.87. The Morgan fingerprint density at radius 2 is 2.06 bits per heavy atom. The Hall–Kier alpha value is -1.84. The van der Waals surface area contributed by atoms with Gasteiger partial charge < -0.3 is 10.4 Å². The molecule has 1 saturated carbocycles. The highest BCUT2D eigenvalue weighted by Crippen LogP contribution is 2.48. The van der Waals surface area contributed by atoms with E-state index >= 15 is 0 Å². The second-order valence-corrected chi connectivity index (χ2v) is 4.87. The molecule has 1 amide bonds. The van der Waals surface area contributed by atoms with Crippen LogP contribution in [0.25, 0.3) is 0 Å². The van der Waals surface area contributed by atoms with Gasteiger partial charge in [-0.15, -0.1) is 0 Å². The fourth-order valence-corrected chi connectivity index (χ4v) is 2.21. The fraction of sp³-hybridized carbons (Fsp3) is 0.429. The van der Waals surface area contributed by atoms with Crippen molar-refractivity contribution in [2.75, 3.05) is 0 Å². The first-order chi connectivity index (χ1) is 8.50. The monoisotopic (exact) mass is 247 g/mol. The summed E-state index contributed by atoms with van der Waals surface area (Å²) in [6.07, 6.45) is 0.809. The molecule has 0 bridgehead atoms. The predicted molar refractivity (Wildman–Crippen MR) is 67.3 cm³/mol. The van der Waals surface area contributed by atoms with Gasteiger partial charge in [-0.05, 0) is 37.3 Å². The number of carbonyl (C=O) groups is 2. The lowest BCUT2D eigenvalue weighted by molar-refractivity contribution is -0.141. The van der Waals surface area contributed by atoms with Gasteiger partial charge in [-0.1, -0.05) is 24.3 Å². The zero-order valence-electron chi connectivity index (χ0n) is 10.5. The minimum Gasteiger partial charge on any atom is -0.480 e. The zero-order valence-corrected chi connectivity index (χ0v) is 10.5. The summed E-state index contributed by atoms with van der Waals surface area (Å²) < 4.78 is 0. The van der Waals surface area contributed by atoms with Crippen LogP contribution in [0.5, 0.6) is 0 Å². The third-order valence-electron chi connectivity index (χ3n) is 3.44. The van der Waals surface area contributed by atoms with Crippen LogP contribution < -0.4 is 5.32 Å². The highest BCUT2D eigenvalue weighted by atomic mass is 16.4. The molecule has 1 fully saturated rings. The highest BCUT2D eigenvalue weighted by Gasteiger charge is 2.44. The van der Waals surface area contributed by atoms with Crippen LogP contribution in [0, 0.1) is 12.8 Å². The molecule has 4 heteroatoms. The van der Waals surface area contributed by atoms with E-state index in [0.29, 0.717) is 0 Å². The van der Waals surface area contributed by atoms with Crippen molar-refractivity contribution in [2.24, 2.45) is 5.92 Å². The molecule has 0 spiro atoms. The number of carbonyl (C=O) groups excluding carboxylic acids is 1. The third-order valence-corrected chi connectivity index (χ3v) is 3.44. The number of aryl methyl sites for hydroxylation is 1. The minimum absolute atomic E-state index is 0.0760. The van der Waals surface area contributed by atoms with Gasteiger partial charge in [0.2, 0.25) is 5.91 Å². The van der Waals surface area contributed by atoms with Gasteiger partial charge in [0.15, 0.2) is 0 Å². The number of amides is 1. The third kappa shape index (κ3) is 2.53. The summed E-state index contributed by atoms with van der Waals surface area (Å²) in [6.45, 7) is 3.51. The standard InChI is InChI=1S/C14H17NO3/c1-8-5-3-4-6-10(8)11-7-12(11)13(16)15-9(2)14(17)18/h3-6,9,11-12H,7H2,1-2H3,(H,15,16)(H,17,18)/t9-,11+,12-/m0/s1. The summed E-state index contributed by atoms with van der Waals surface area (Å²) in [5, 5.41) is 11.3. The summed E-state index contributed by atoms with van der Waals surface area (Å²) >= 11 is 0. The average molecular weight is 247 g/mol. The molecule has 96 valence electrons. The number of carboxylic acid groups (broad SMARTS) is 1. The van der Waals surface area contributed by atoms with Gasteiger partial charge >= 0.3 is 5.97 Å². The molecule has 0 aromatic heterocycles. The Morgan fingerprint density at radius 3 is 2.67 bits per heavy atom. The first-order valence-electron chi connectivity index (χ1n) is 6.09. The average Bonchev–Trinajstić information content (AvgIpc) is 3.09. The fourth-order valence-electron chi connectivity index (χ4n) is 2.21. The minimum atomic E-state index is -1.00. The number of hydrogen-bond acceptors (Lipinski definition) is 2. The van der Waals surface area contributed by atoms with E-state index in [1.54, 1.807) is 0 Å². The van der Waals surface area contributed by atoms with Gasteiger partial charge in [0.25, 0.3) is 0 Å². The van der Waals surface area contributed by atoms with Gasteiger partial charge in [0.05, 0.1) is 0 Å². The number of aliphatic carboxylic acids is 1. The topological polar surface area (TPSA) is 66.4 Å². The number of benzene rings is 1. The second-order valence-electron chi connectivity index (χ2n) is 4.87. The lowest BCUT2D eigenvalue weighted by Crippen LogP contribution is -2.39. The molecular formula is C14H17NO3. The summed E-state index contributed by atoms with van der Waals surface area (Å²) in [5.41, 5.74) is 2.38. The van der Waals surface area contributed by atoms with Crippen LogP contribution in [-0.2, 0) is 9.59 Å². The number of hydrogen-bond donors (Lipinski definition) is 2. The molecule has 1 aliphatic rings. The summed E-state index contributed by atoms with van der Waals surface area (Å²) in [5.74, 6) is -0.991. The van der Waals surface area contributed by atoms with Crippen molar-refractivity contribution in [3.63, 3.8) is 0 Å². The van der Waals surface area contributed by atoms with E-state index in [0.717, 1.165) is 6.42 Å². The van der Waals surface area contributed by atoms with Crippen LogP contribution in [0.15, 0.2) is 24.3 Å². The molecule has 4 nitrogen and oxygen atoms in total. The van der Waals surface area contributed by atoms with Crippen molar-refractivity contribution in [3.8, 4) is 0 Å². The normalized spacial score (nSPS) is 23.2. The molecule has 1 aromatic carbocycles. The molecule has 0 saturated heterocycles. The Labute approximate surface area is 106 Å². The van der Waals surface area contributed by atoms with Crippen LogP contribution in [-0.4, -0.2) is 23.0 Å². The van der Waals surface area contributed by atoms with Gasteiger partial charge in [0.1, 0.15) is 6.04 Å². The van der Waals surface area contributed by atoms with Crippen molar-refractivity contribution < 1.29 is 14.7 Å². The molecule has 3 atom stereocenters. The molecule has 0 radical (unpaired) electrons. The smallest absolute Gasteiger partial charge is 0.325 e. The number of rotatable bonds is 4. The molecule has 2 rings (SSSR count). The van der Waals surface area contributed by atoms with E-state index in [1.165, 1.54) is 18.1 Å². The summed E-state index contributed by atoms with van der Waals surface area (Å²) in [7, 11) is 0. The van der Waals surface area contributed by atoms with Crippen molar-refractivity contribution in [2.45, 2.75) is 32.2 Å². The van der Waals surface area contributed by atoms with Crippen molar-refractivity contribution in [3.05, 3.63) is 35.4 Å². The van der Waals surface area contributed by atoms with Gasteiger partial charge in [-0.2, -0.15) is 0 Å².